The van der Waals surface area contributed by atoms with Gasteiger partial charge in [0.25, 0.3) is 0 Å². The number of rotatable bonds is 2. The molecule has 4 heterocycles. The van der Waals surface area contributed by atoms with E-state index in [2.05, 4.69) is 108 Å². The molecule has 0 bridgehead atoms. The van der Waals surface area contributed by atoms with E-state index in [-0.39, 0.29) is 0 Å². The van der Waals surface area contributed by atoms with Crippen molar-refractivity contribution in [3.63, 3.8) is 0 Å². The van der Waals surface area contributed by atoms with E-state index in [4.69, 9.17) is 20.2 Å². The van der Waals surface area contributed by atoms with Gasteiger partial charge in [-0.3, -0.25) is 9.55 Å². The third kappa shape index (κ3) is 3.02. The highest BCUT2D eigenvalue weighted by Crippen LogP contribution is 2.39. The van der Waals surface area contributed by atoms with Crippen LogP contribution in [0.1, 0.15) is 0 Å². The minimum Gasteiger partial charge on any atom is -0.290 e. The second-order valence-electron chi connectivity index (χ2n) is 10.0. The molecule has 0 radical (unpaired) electrons. The molecule has 186 valence electrons. The van der Waals surface area contributed by atoms with Crippen LogP contribution in [-0.4, -0.2) is 24.7 Å². The molecule has 0 fully saturated rings. The van der Waals surface area contributed by atoms with Crippen molar-refractivity contribution < 1.29 is 0 Å². The van der Waals surface area contributed by atoms with Gasteiger partial charge >= 0.3 is 0 Å². The highest BCUT2D eigenvalue weighted by atomic mass is 32.1. The number of fused-ring (bicyclic) bond motifs is 8. The summed E-state index contributed by atoms with van der Waals surface area (Å²) in [4.78, 5) is 9.61. The average molecular weight is 530 g/mol. The Kier molecular flexibility index (Phi) is 4.42. The maximum absolute atomic E-state index is 4.85. The van der Waals surface area contributed by atoms with Crippen LogP contribution in [0.25, 0.3) is 80.9 Å². The number of para-hydroxylation sites is 1. The molecule has 9 aromatic rings. The van der Waals surface area contributed by atoms with Gasteiger partial charge in [-0.1, -0.05) is 66.7 Å². The molecule has 0 amide bonds. The van der Waals surface area contributed by atoms with Gasteiger partial charge in [0.15, 0.2) is 5.82 Å². The topological polar surface area (TPSA) is 56.5 Å². The molecule has 5 nitrogen and oxygen atoms in total. The lowest BCUT2D eigenvalue weighted by molar-refractivity contribution is 0.965. The third-order valence-corrected chi connectivity index (χ3v) is 8.93. The molecule has 0 aliphatic rings. The largest absolute Gasteiger partial charge is 0.290 e. The fourth-order valence-electron chi connectivity index (χ4n) is 5.97. The molecule has 4 aromatic heterocycles. The number of hydrogen-bond acceptors (Lipinski definition) is 5. The number of hydrogen-bond donors (Lipinski definition) is 0. The summed E-state index contributed by atoms with van der Waals surface area (Å²) in [5, 5.41) is 16.9. The van der Waals surface area contributed by atoms with Gasteiger partial charge in [0, 0.05) is 48.9 Å². The second-order valence-corrected chi connectivity index (χ2v) is 11.1. The molecule has 0 saturated carbocycles. The molecular weight excluding hydrogens is 510 g/mol. The first-order valence-electron chi connectivity index (χ1n) is 13.1. The molecule has 6 heteroatoms. The quantitative estimate of drug-likeness (QED) is 0.225. The Hall–Kier alpha value is -5.20. The molecular formula is C34H19N5S. The van der Waals surface area contributed by atoms with Crippen molar-refractivity contribution in [1.82, 2.24) is 24.7 Å². The second kappa shape index (κ2) is 8.15. The van der Waals surface area contributed by atoms with E-state index < -0.39 is 0 Å². The first-order valence-corrected chi connectivity index (χ1v) is 14.0. The molecule has 0 saturated heterocycles. The zero-order valence-corrected chi connectivity index (χ0v) is 21.9. The first-order chi connectivity index (χ1) is 19.8. The Labute approximate surface area is 232 Å². The van der Waals surface area contributed by atoms with E-state index in [1.165, 1.54) is 41.7 Å². The molecule has 0 spiro atoms. The Bertz CT molecular complexity index is 2450. The van der Waals surface area contributed by atoms with E-state index in [0.717, 1.165) is 33.3 Å². The summed E-state index contributed by atoms with van der Waals surface area (Å²) in [6, 6.07) is 36.4. The van der Waals surface area contributed by atoms with Crippen LogP contribution in [0.2, 0.25) is 0 Å². The van der Waals surface area contributed by atoms with E-state index >= 15 is 0 Å². The minimum absolute atomic E-state index is 0.676. The van der Waals surface area contributed by atoms with Crippen LogP contribution in [-0.2, 0) is 0 Å². The van der Waals surface area contributed by atoms with Crippen molar-refractivity contribution in [3.8, 4) is 17.1 Å². The molecule has 0 aliphatic heterocycles. The summed E-state index contributed by atoms with van der Waals surface area (Å²) >= 11 is 1.81. The zero-order valence-electron chi connectivity index (χ0n) is 21.1. The Balaban J connectivity index is 1.34. The molecule has 0 aliphatic carbocycles. The van der Waals surface area contributed by atoms with Crippen LogP contribution in [0, 0.1) is 0 Å². The van der Waals surface area contributed by atoms with Crippen LogP contribution in [0.3, 0.4) is 0 Å². The lowest BCUT2D eigenvalue weighted by Crippen LogP contribution is -2.04. The average Bonchev–Trinajstić information content (AvgIpc) is 3.54. The fraction of sp³-hybridized carbons (Fsp3) is 0. The summed E-state index contributed by atoms with van der Waals surface area (Å²) in [7, 11) is 0. The number of benzene rings is 5. The molecule has 9 rings (SSSR count). The summed E-state index contributed by atoms with van der Waals surface area (Å²) in [5.41, 5.74) is 5.30. The monoisotopic (exact) mass is 529 g/mol. The Morgan fingerprint density at radius 2 is 1.25 bits per heavy atom. The molecule has 40 heavy (non-hydrogen) atoms. The van der Waals surface area contributed by atoms with Gasteiger partial charge in [0.1, 0.15) is 16.7 Å². The highest BCUT2D eigenvalue weighted by molar-refractivity contribution is 7.25. The number of thiophene rings is 1. The van der Waals surface area contributed by atoms with Gasteiger partial charge in [-0.25, -0.2) is 4.98 Å². The van der Waals surface area contributed by atoms with Crippen LogP contribution < -0.4 is 0 Å². The third-order valence-electron chi connectivity index (χ3n) is 7.78. The smallest absolute Gasteiger partial charge is 0.188 e. The van der Waals surface area contributed by atoms with E-state index in [9.17, 15) is 0 Å². The van der Waals surface area contributed by atoms with Crippen LogP contribution in [0.15, 0.2) is 116 Å². The van der Waals surface area contributed by atoms with Crippen molar-refractivity contribution in [1.29, 1.82) is 0 Å². The lowest BCUT2D eigenvalue weighted by atomic mass is 10.1. The summed E-state index contributed by atoms with van der Waals surface area (Å²) in [6.45, 7) is 0. The van der Waals surface area contributed by atoms with Crippen molar-refractivity contribution in [3.05, 3.63) is 116 Å². The van der Waals surface area contributed by atoms with Gasteiger partial charge in [-0.15, -0.1) is 21.5 Å². The van der Waals surface area contributed by atoms with Gasteiger partial charge in [0.2, 0.25) is 0 Å². The fourth-order valence-corrected chi connectivity index (χ4v) is 7.06. The molecule has 0 unspecified atom stereocenters. The van der Waals surface area contributed by atoms with Crippen LogP contribution in [0.4, 0.5) is 0 Å². The maximum atomic E-state index is 4.85. The summed E-state index contributed by atoms with van der Waals surface area (Å²) in [6.07, 6.45) is 3.46. The Morgan fingerprint density at radius 1 is 0.525 bits per heavy atom. The molecule has 5 aromatic carbocycles. The maximum Gasteiger partial charge on any atom is 0.188 e. The number of nitrogens with zero attached hydrogens (tertiary/aromatic N) is 5. The minimum atomic E-state index is 0.676. The lowest BCUT2D eigenvalue weighted by Gasteiger charge is -2.11. The molecule has 0 N–H and O–H groups in total. The summed E-state index contributed by atoms with van der Waals surface area (Å²) < 4.78 is 4.71. The van der Waals surface area contributed by atoms with Gasteiger partial charge in [-0.05, 0) is 47.2 Å². The van der Waals surface area contributed by atoms with Crippen molar-refractivity contribution in [2.24, 2.45) is 0 Å². The first kappa shape index (κ1) is 21.7. The highest BCUT2D eigenvalue weighted by Gasteiger charge is 2.20. The normalized spacial score (nSPS) is 12.0. The number of aromatic nitrogens is 5. The van der Waals surface area contributed by atoms with Gasteiger partial charge in [0.05, 0.1) is 11.0 Å². The van der Waals surface area contributed by atoms with Gasteiger partial charge < -0.3 is 0 Å². The van der Waals surface area contributed by atoms with E-state index in [1.54, 1.807) is 23.7 Å². The van der Waals surface area contributed by atoms with Crippen molar-refractivity contribution in [2.45, 2.75) is 0 Å². The zero-order chi connectivity index (χ0) is 26.2. The molecule has 0 atom stereocenters. The summed E-state index contributed by atoms with van der Waals surface area (Å²) in [5.74, 6) is 0.676. The van der Waals surface area contributed by atoms with E-state index in [1.807, 2.05) is 0 Å². The van der Waals surface area contributed by atoms with Crippen LogP contribution in [0.5, 0.6) is 0 Å². The predicted octanol–water partition coefficient (Wildman–Crippen LogP) is 8.71. The Morgan fingerprint density at radius 3 is 2.15 bits per heavy atom. The standard InChI is InChI=1S/C34H19N5S/c1-2-8-21-19-28-25(17-20(21)7-1)23-9-3-5-11-27(23)39(28)34-33-32(35-15-16-36-33)31(37-38-34)22-13-14-30-26(18-22)24-10-4-6-12-29(24)40-30/h1-19H. The van der Waals surface area contributed by atoms with E-state index in [0.29, 0.717) is 5.82 Å². The van der Waals surface area contributed by atoms with Crippen molar-refractivity contribution in [2.75, 3.05) is 0 Å². The SMILES string of the molecule is c1ccc2cc3c(cc2c1)c1ccccc1n3-c1nnc(-c2ccc3sc4ccccc4c3c2)c2nccnc12. The van der Waals surface area contributed by atoms with Crippen LogP contribution >= 0.6 is 11.3 Å². The predicted molar refractivity (Wildman–Crippen MR) is 165 cm³/mol. The van der Waals surface area contributed by atoms with Gasteiger partial charge in [-0.2, -0.15) is 0 Å². The van der Waals surface area contributed by atoms with Crippen molar-refractivity contribution >= 4 is 75.1 Å².